The number of amides is 1. The lowest BCUT2D eigenvalue weighted by Gasteiger charge is -2.10. The SMILES string of the molecule is CCNC(=NCc1ccc(NC(=O)c2ccco2)cc1)NCc1nc(C(C)C)cs1.I. The van der Waals surface area contributed by atoms with Crippen LogP contribution in [0.2, 0.25) is 0 Å². The largest absolute Gasteiger partial charge is 0.459 e. The first-order valence-electron chi connectivity index (χ1n) is 9.95. The number of aliphatic imine (C=N–C) groups is 1. The van der Waals surface area contributed by atoms with E-state index in [1.807, 2.05) is 31.2 Å². The maximum absolute atomic E-state index is 12.0. The Hall–Kier alpha value is -2.40. The number of furan rings is 1. The fourth-order valence-electron chi connectivity index (χ4n) is 2.64. The average Bonchev–Trinajstić information content (AvgIpc) is 3.43. The number of hydrogen-bond donors (Lipinski definition) is 3. The van der Waals surface area contributed by atoms with Gasteiger partial charge in [-0.1, -0.05) is 26.0 Å². The summed E-state index contributed by atoms with van der Waals surface area (Å²) >= 11 is 1.66. The van der Waals surface area contributed by atoms with Crippen LogP contribution in [0.4, 0.5) is 5.69 Å². The van der Waals surface area contributed by atoms with Gasteiger partial charge in [0.2, 0.25) is 0 Å². The predicted molar refractivity (Wildman–Crippen MR) is 136 cm³/mol. The number of hydrogen-bond acceptors (Lipinski definition) is 5. The van der Waals surface area contributed by atoms with Crippen LogP contribution in [-0.2, 0) is 13.1 Å². The molecule has 0 aliphatic carbocycles. The molecule has 2 heterocycles. The van der Waals surface area contributed by atoms with E-state index in [2.05, 4.69) is 45.2 Å². The van der Waals surface area contributed by atoms with Crippen LogP contribution in [0.1, 0.15) is 53.5 Å². The van der Waals surface area contributed by atoms with Crippen molar-refractivity contribution in [2.24, 2.45) is 4.99 Å². The molecule has 0 aliphatic rings. The van der Waals surface area contributed by atoms with Crippen molar-refractivity contribution in [3.8, 4) is 0 Å². The summed E-state index contributed by atoms with van der Waals surface area (Å²) in [5.41, 5.74) is 2.87. The monoisotopic (exact) mass is 553 g/mol. The molecule has 0 radical (unpaired) electrons. The van der Waals surface area contributed by atoms with Gasteiger partial charge in [-0.2, -0.15) is 0 Å². The third-order valence-electron chi connectivity index (χ3n) is 4.29. The highest BCUT2D eigenvalue weighted by molar-refractivity contribution is 14.0. The van der Waals surface area contributed by atoms with E-state index in [-0.39, 0.29) is 35.6 Å². The van der Waals surface area contributed by atoms with E-state index in [4.69, 9.17) is 4.42 Å². The molecule has 0 atom stereocenters. The fraction of sp³-hybridized carbons (Fsp3) is 0.318. The second kappa shape index (κ2) is 12.5. The predicted octanol–water partition coefficient (Wildman–Crippen LogP) is 4.99. The number of carbonyl (C=O) groups excluding carboxylic acids is 1. The summed E-state index contributed by atoms with van der Waals surface area (Å²) in [6.45, 7) is 8.27. The first kappa shape index (κ1) is 24.9. The van der Waals surface area contributed by atoms with Crippen LogP contribution >= 0.6 is 35.3 Å². The molecule has 0 saturated heterocycles. The van der Waals surface area contributed by atoms with Gasteiger partial charge in [0, 0.05) is 17.6 Å². The van der Waals surface area contributed by atoms with E-state index >= 15 is 0 Å². The highest BCUT2D eigenvalue weighted by atomic mass is 127. The molecule has 0 unspecified atom stereocenters. The first-order valence-corrected chi connectivity index (χ1v) is 10.8. The minimum atomic E-state index is -0.271. The zero-order valence-corrected chi connectivity index (χ0v) is 21.0. The number of anilines is 1. The topological polar surface area (TPSA) is 91.5 Å². The molecule has 166 valence electrons. The summed E-state index contributed by atoms with van der Waals surface area (Å²) in [7, 11) is 0. The zero-order valence-electron chi connectivity index (χ0n) is 17.8. The summed E-state index contributed by atoms with van der Waals surface area (Å²) < 4.78 is 5.10. The summed E-state index contributed by atoms with van der Waals surface area (Å²) in [4.78, 5) is 21.3. The molecule has 1 aromatic carbocycles. The Labute approximate surface area is 203 Å². The third kappa shape index (κ3) is 7.66. The Bertz CT molecular complexity index is 968. The number of rotatable bonds is 8. The lowest BCUT2D eigenvalue weighted by atomic mass is 10.2. The van der Waals surface area contributed by atoms with Crippen LogP contribution in [0.25, 0.3) is 0 Å². The van der Waals surface area contributed by atoms with Crippen LogP contribution in [0, 0.1) is 0 Å². The Balaban J connectivity index is 0.00000341. The molecule has 0 bridgehead atoms. The van der Waals surface area contributed by atoms with Crippen molar-refractivity contribution < 1.29 is 9.21 Å². The van der Waals surface area contributed by atoms with Gasteiger partial charge in [-0.05, 0) is 42.7 Å². The molecule has 31 heavy (non-hydrogen) atoms. The first-order chi connectivity index (χ1) is 14.5. The Kier molecular flexibility index (Phi) is 9.99. The number of thiazole rings is 1. The van der Waals surface area contributed by atoms with Crippen molar-refractivity contribution in [1.82, 2.24) is 15.6 Å². The molecular formula is C22H28IN5O2S. The van der Waals surface area contributed by atoms with Crippen LogP contribution in [0.5, 0.6) is 0 Å². The highest BCUT2D eigenvalue weighted by Gasteiger charge is 2.09. The molecular weight excluding hydrogens is 525 g/mol. The molecule has 0 saturated carbocycles. The normalized spacial score (nSPS) is 11.2. The number of guanidine groups is 1. The van der Waals surface area contributed by atoms with Crippen molar-refractivity contribution in [3.05, 3.63) is 70.1 Å². The van der Waals surface area contributed by atoms with Crippen molar-refractivity contribution in [2.45, 2.75) is 39.8 Å². The van der Waals surface area contributed by atoms with E-state index in [0.29, 0.717) is 24.7 Å². The number of carbonyl (C=O) groups is 1. The highest BCUT2D eigenvalue weighted by Crippen LogP contribution is 2.17. The van der Waals surface area contributed by atoms with Gasteiger partial charge >= 0.3 is 0 Å². The van der Waals surface area contributed by atoms with Gasteiger partial charge in [0.1, 0.15) is 5.01 Å². The van der Waals surface area contributed by atoms with Gasteiger partial charge in [-0.25, -0.2) is 9.98 Å². The fourth-order valence-corrected chi connectivity index (χ4v) is 3.53. The van der Waals surface area contributed by atoms with Crippen LogP contribution in [-0.4, -0.2) is 23.4 Å². The lowest BCUT2D eigenvalue weighted by molar-refractivity contribution is 0.0996. The third-order valence-corrected chi connectivity index (χ3v) is 5.16. The number of aromatic nitrogens is 1. The van der Waals surface area contributed by atoms with Crippen LogP contribution in [0.15, 0.2) is 57.5 Å². The quantitative estimate of drug-likeness (QED) is 0.208. The molecule has 3 N–H and O–H groups in total. The van der Waals surface area contributed by atoms with Gasteiger partial charge in [0.25, 0.3) is 5.91 Å². The molecule has 1 amide bonds. The molecule has 2 aromatic heterocycles. The molecule has 3 rings (SSSR count). The average molecular weight is 553 g/mol. The van der Waals surface area contributed by atoms with Gasteiger partial charge in [0.05, 0.1) is 25.0 Å². The molecule has 7 nitrogen and oxygen atoms in total. The number of nitrogens with one attached hydrogen (secondary N) is 3. The minimum absolute atomic E-state index is 0. The number of halogens is 1. The molecule has 0 fully saturated rings. The van der Waals surface area contributed by atoms with Crippen molar-refractivity contribution in [3.63, 3.8) is 0 Å². The van der Waals surface area contributed by atoms with Gasteiger partial charge in [-0.3, -0.25) is 4.79 Å². The van der Waals surface area contributed by atoms with E-state index < -0.39 is 0 Å². The molecule has 3 aromatic rings. The van der Waals surface area contributed by atoms with E-state index in [1.54, 1.807) is 23.5 Å². The Morgan fingerprint density at radius 2 is 1.97 bits per heavy atom. The Morgan fingerprint density at radius 1 is 1.19 bits per heavy atom. The Morgan fingerprint density at radius 3 is 2.58 bits per heavy atom. The van der Waals surface area contributed by atoms with Crippen LogP contribution in [0.3, 0.4) is 0 Å². The van der Waals surface area contributed by atoms with Crippen LogP contribution < -0.4 is 16.0 Å². The second-order valence-electron chi connectivity index (χ2n) is 7.00. The number of benzene rings is 1. The van der Waals surface area contributed by atoms with E-state index in [9.17, 15) is 4.79 Å². The summed E-state index contributed by atoms with van der Waals surface area (Å²) in [6.07, 6.45) is 1.48. The van der Waals surface area contributed by atoms with Crippen molar-refractivity contribution in [2.75, 3.05) is 11.9 Å². The lowest BCUT2D eigenvalue weighted by Crippen LogP contribution is -2.36. The maximum atomic E-state index is 12.0. The minimum Gasteiger partial charge on any atom is -0.459 e. The van der Waals surface area contributed by atoms with Gasteiger partial charge < -0.3 is 20.4 Å². The smallest absolute Gasteiger partial charge is 0.291 e. The molecule has 9 heteroatoms. The maximum Gasteiger partial charge on any atom is 0.291 e. The molecule has 0 spiro atoms. The summed E-state index contributed by atoms with van der Waals surface area (Å²) in [5.74, 6) is 1.19. The zero-order chi connectivity index (χ0) is 21.3. The molecule has 0 aliphatic heterocycles. The summed E-state index contributed by atoms with van der Waals surface area (Å²) in [5, 5.41) is 12.5. The van der Waals surface area contributed by atoms with Crippen molar-refractivity contribution >= 4 is 52.9 Å². The van der Waals surface area contributed by atoms with Crippen molar-refractivity contribution in [1.29, 1.82) is 0 Å². The second-order valence-corrected chi connectivity index (χ2v) is 7.94. The van der Waals surface area contributed by atoms with Gasteiger partial charge in [-0.15, -0.1) is 35.3 Å². The van der Waals surface area contributed by atoms with Gasteiger partial charge in [0.15, 0.2) is 11.7 Å². The number of nitrogens with zero attached hydrogens (tertiary/aromatic N) is 2. The standard InChI is InChI=1S/C22H27N5O2S.HI/c1-4-23-22(25-13-20-27-18(14-30-20)15(2)3)24-12-16-7-9-17(10-8-16)26-21(28)19-6-5-11-29-19;/h5-11,14-15H,4,12-13H2,1-3H3,(H,26,28)(H2,23,24,25);1H. The summed E-state index contributed by atoms with van der Waals surface area (Å²) in [6, 6.07) is 10.9. The van der Waals surface area contributed by atoms with E-state index in [1.165, 1.54) is 6.26 Å². The van der Waals surface area contributed by atoms with E-state index in [0.717, 1.165) is 28.8 Å².